The van der Waals surface area contributed by atoms with Crippen LogP contribution in [0.2, 0.25) is 0 Å². The van der Waals surface area contributed by atoms with Crippen LogP contribution in [0.15, 0.2) is 18.2 Å². The Balaban J connectivity index is 1.93. The molecule has 7 heteroatoms. The van der Waals surface area contributed by atoms with Gasteiger partial charge in [-0.3, -0.25) is 4.79 Å². The maximum absolute atomic E-state index is 11.5. The Kier molecular flexibility index (Phi) is 11.8. The van der Waals surface area contributed by atoms with Gasteiger partial charge in [0.05, 0.1) is 6.10 Å². The van der Waals surface area contributed by atoms with E-state index in [1.165, 1.54) is 6.92 Å². The molecule has 0 bridgehead atoms. The van der Waals surface area contributed by atoms with Gasteiger partial charge in [0.25, 0.3) is 0 Å². The monoisotopic (exact) mass is 450 g/mol. The van der Waals surface area contributed by atoms with Crippen LogP contribution in [0.1, 0.15) is 70.8 Å². The van der Waals surface area contributed by atoms with Crippen LogP contribution in [0, 0.1) is 0 Å². The van der Waals surface area contributed by atoms with Gasteiger partial charge in [0, 0.05) is 32.4 Å². The maximum atomic E-state index is 11.5. The molecule has 7 nitrogen and oxygen atoms in total. The van der Waals surface area contributed by atoms with Crippen LogP contribution in [0.3, 0.4) is 0 Å². The molecule has 0 spiro atoms. The second-order valence-electron chi connectivity index (χ2n) is 8.93. The van der Waals surface area contributed by atoms with Crippen LogP contribution in [-0.4, -0.2) is 60.7 Å². The van der Waals surface area contributed by atoms with Crippen molar-refractivity contribution in [2.24, 2.45) is 0 Å². The molecular formula is C25H42N2O5. The first-order valence-electron chi connectivity index (χ1n) is 12.1. The van der Waals surface area contributed by atoms with Crippen LogP contribution < -0.4 is 15.4 Å². The van der Waals surface area contributed by atoms with E-state index in [0.717, 1.165) is 57.2 Å². The third-order valence-corrected chi connectivity index (χ3v) is 5.98. The summed E-state index contributed by atoms with van der Waals surface area (Å²) in [6.45, 7) is 5.31. The number of benzene rings is 1. The summed E-state index contributed by atoms with van der Waals surface area (Å²) in [5.41, 5.74) is 1.01. The number of ether oxygens (including phenoxy) is 2. The van der Waals surface area contributed by atoms with Crippen molar-refractivity contribution in [3.05, 3.63) is 23.8 Å². The maximum Gasteiger partial charge on any atom is 0.302 e. The van der Waals surface area contributed by atoms with Crippen LogP contribution in [0.5, 0.6) is 11.5 Å². The number of carbonyl (C=O) groups is 1. The zero-order valence-electron chi connectivity index (χ0n) is 19.9. The fourth-order valence-corrected chi connectivity index (χ4v) is 4.30. The minimum Gasteiger partial charge on any atom is -0.504 e. The molecular weight excluding hydrogens is 408 g/mol. The number of aliphatic hydroxyl groups is 1. The predicted octanol–water partition coefficient (Wildman–Crippen LogP) is 3.31. The van der Waals surface area contributed by atoms with Crippen molar-refractivity contribution in [2.75, 3.05) is 20.1 Å². The number of hydrogen-bond donors (Lipinski definition) is 4. The van der Waals surface area contributed by atoms with Crippen LogP contribution in [-0.2, 0) is 16.0 Å². The van der Waals surface area contributed by atoms with E-state index >= 15 is 0 Å². The first-order chi connectivity index (χ1) is 15.4. The number of carbonyl (C=O) groups excluding carboxylic acids is 1. The Morgan fingerprint density at radius 2 is 2.12 bits per heavy atom. The number of piperidine rings is 1. The number of rotatable bonds is 14. The molecule has 1 saturated heterocycles. The van der Waals surface area contributed by atoms with Gasteiger partial charge in [-0.25, -0.2) is 0 Å². The van der Waals surface area contributed by atoms with E-state index in [2.05, 4.69) is 17.6 Å². The molecule has 0 aromatic heterocycles. The summed E-state index contributed by atoms with van der Waals surface area (Å²) in [7, 11) is 1.94. The molecule has 2 rings (SSSR count). The molecule has 182 valence electrons. The SMILES string of the molecule is CCCCC[C@H](O)C[C@@H](CCc1ccc(O)c(O[C@@H]2CCN[C@H](CNC)C2)c1)OC(C)=O. The van der Waals surface area contributed by atoms with Crippen molar-refractivity contribution in [1.29, 1.82) is 0 Å². The number of phenols is 1. The largest absolute Gasteiger partial charge is 0.504 e. The number of phenolic OH excluding ortho intramolecular Hbond substituents is 1. The minimum absolute atomic E-state index is 0.0582. The van der Waals surface area contributed by atoms with Crippen molar-refractivity contribution in [3.8, 4) is 11.5 Å². The second-order valence-corrected chi connectivity index (χ2v) is 8.93. The Hall–Kier alpha value is -1.83. The summed E-state index contributed by atoms with van der Waals surface area (Å²) in [5, 5.41) is 27.3. The summed E-state index contributed by atoms with van der Waals surface area (Å²) < 4.78 is 11.6. The molecule has 0 unspecified atom stereocenters. The zero-order valence-corrected chi connectivity index (χ0v) is 19.9. The summed E-state index contributed by atoms with van der Waals surface area (Å²) in [5.74, 6) is 0.314. The summed E-state index contributed by atoms with van der Waals surface area (Å²) in [6.07, 6.45) is 6.71. The molecule has 4 N–H and O–H groups in total. The fourth-order valence-electron chi connectivity index (χ4n) is 4.30. The Bertz CT molecular complexity index is 682. The third kappa shape index (κ3) is 9.76. The van der Waals surface area contributed by atoms with Crippen LogP contribution in [0.4, 0.5) is 0 Å². The lowest BCUT2D eigenvalue weighted by atomic mass is 9.99. The number of aromatic hydroxyl groups is 1. The fraction of sp³-hybridized carbons (Fsp3) is 0.720. The minimum atomic E-state index is -0.463. The molecule has 1 aliphatic rings. The highest BCUT2D eigenvalue weighted by atomic mass is 16.5. The second kappa shape index (κ2) is 14.3. The molecule has 4 atom stereocenters. The highest BCUT2D eigenvalue weighted by molar-refractivity contribution is 5.66. The lowest BCUT2D eigenvalue weighted by Crippen LogP contribution is -2.46. The quantitative estimate of drug-likeness (QED) is 0.255. The van der Waals surface area contributed by atoms with Crippen molar-refractivity contribution in [2.45, 2.75) is 96.0 Å². The molecule has 1 aliphatic heterocycles. The van der Waals surface area contributed by atoms with Crippen molar-refractivity contribution >= 4 is 5.97 Å². The van der Waals surface area contributed by atoms with E-state index in [9.17, 15) is 15.0 Å². The highest BCUT2D eigenvalue weighted by Gasteiger charge is 2.23. The van der Waals surface area contributed by atoms with E-state index in [1.807, 2.05) is 19.2 Å². The van der Waals surface area contributed by atoms with Crippen LogP contribution >= 0.6 is 0 Å². The molecule has 1 heterocycles. The van der Waals surface area contributed by atoms with Gasteiger partial charge in [0.1, 0.15) is 12.2 Å². The van der Waals surface area contributed by atoms with Crippen molar-refractivity contribution in [1.82, 2.24) is 10.6 Å². The third-order valence-electron chi connectivity index (χ3n) is 5.98. The molecule has 1 fully saturated rings. The van der Waals surface area contributed by atoms with E-state index in [0.29, 0.717) is 31.1 Å². The van der Waals surface area contributed by atoms with Crippen LogP contribution in [0.25, 0.3) is 0 Å². The van der Waals surface area contributed by atoms with Crippen molar-refractivity contribution in [3.63, 3.8) is 0 Å². The number of aliphatic hydroxyl groups excluding tert-OH is 1. The number of nitrogens with one attached hydrogen (secondary N) is 2. The van der Waals surface area contributed by atoms with Gasteiger partial charge < -0.3 is 30.3 Å². The smallest absolute Gasteiger partial charge is 0.302 e. The lowest BCUT2D eigenvalue weighted by molar-refractivity contribution is -0.148. The molecule has 0 aliphatic carbocycles. The summed E-state index contributed by atoms with van der Waals surface area (Å²) in [6, 6.07) is 5.78. The molecule has 1 aromatic rings. The molecule has 32 heavy (non-hydrogen) atoms. The molecule has 0 amide bonds. The summed E-state index contributed by atoms with van der Waals surface area (Å²) >= 11 is 0. The number of hydrogen-bond acceptors (Lipinski definition) is 7. The van der Waals surface area contributed by atoms with Gasteiger partial charge in [-0.15, -0.1) is 0 Å². The number of aryl methyl sites for hydroxylation is 1. The average molecular weight is 451 g/mol. The van der Waals surface area contributed by atoms with Gasteiger partial charge >= 0.3 is 5.97 Å². The normalized spacial score (nSPS) is 20.5. The average Bonchev–Trinajstić information content (AvgIpc) is 2.74. The van der Waals surface area contributed by atoms with E-state index < -0.39 is 6.10 Å². The first-order valence-corrected chi connectivity index (χ1v) is 12.1. The summed E-state index contributed by atoms with van der Waals surface area (Å²) in [4.78, 5) is 11.5. The van der Waals surface area contributed by atoms with Gasteiger partial charge in [-0.1, -0.05) is 32.3 Å². The lowest BCUT2D eigenvalue weighted by Gasteiger charge is -2.31. The zero-order chi connectivity index (χ0) is 23.3. The first kappa shape index (κ1) is 26.4. The van der Waals surface area contributed by atoms with Gasteiger partial charge in [-0.05, 0) is 57.0 Å². The Morgan fingerprint density at radius 3 is 2.84 bits per heavy atom. The number of unbranched alkanes of at least 4 members (excludes halogenated alkanes) is 2. The Labute approximate surface area is 192 Å². The molecule has 0 saturated carbocycles. The van der Waals surface area contributed by atoms with Gasteiger partial charge in [0.2, 0.25) is 0 Å². The molecule has 1 aromatic carbocycles. The van der Waals surface area contributed by atoms with E-state index in [-0.39, 0.29) is 23.9 Å². The van der Waals surface area contributed by atoms with E-state index in [1.54, 1.807) is 6.07 Å². The van der Waals surface area contributed by atoms with Gasteiger partial charge in [-0.2, -0.15) is 0 Å². The molecule has 0 radical (unpaired) electrons. The van der Waals surface area contributed by atoms with Crippen molar-refractivity contribution < 1.29 is 24.5 Å². The topological polar surface area (TPSA) is 100 Å². The predicted molar refractivity (Wildman–Crippen MR) is 126 cm³/mol. The number of esters is 1. The van der Waals surface area contributed by atoms with E-state index in [4.69, 9.17) is 9.47 Å². The van der Waals surface area contributed by atoms with Gasteiger partial charge in [0.15, 0.2) is 11.5 Å². The number of likely N-dealkylation sites (N-methyl/N-ethyl adjacent to an activating group) is 1. The Morgan fingerprint density at radius 1 is 1.31 bits per heavy atom. The standard InChI is InChI=1S/C25H42N2O5/c1-4-5-6-7-21(29)16-22(31-18(2)28)10-8-19-9-11-24(30)25(14-19)32-23-12-13-27-20(15-23)17-26-3/h9,11,14,20-23,26-27,29-30H,4-8,10,12-13,15-17H2,1-3H3/t20-,21-,22+,23+/m0/s1. The highest BCUT2D eigenvalue weighted by Crippen LogP contribution is 2.30.